The summed E-state index contributed by atoms with van der Waals surface area (Å²) >= 11 is 0. The Balaban J connectivity index is 2.69. The lowest BCUT2D eigenvalue weighted by molar-refractivity contribution is 0.984. The molecule has 0 radical (unpaired) electrons. The van der Waals surface area contributed by atoms with E-state index in [1.54, 1.807) is 6.20 Å². The van der Waals surface area contributed by atoms with Crippen molar-refractivity contribution in [2.75, 3.05) is 12.5 Å². The number of pyridine rings is 1. The number of aromatic nitrogens is 1. The molecule has 15 heavy (non-hydrogen) atoms. The highest BCUT2D eigenvalue weighted by Crippen LogP contribution is 2.25. The first-order chi connectivity index (χ1) is 7.36. The Morgan fingerprint density at radius 3 is 2.93 bits per heavy atom. The van der Waals surface area contributed by atoms with Crippen molar-refractivity contribution >= 4 is 22.7 Å². The Hall–Kier alpha value is -1.87. The van der Waals surface area contributed by atoms with Gasteiger partial charge in [-0.25, -0.2) is 5.43 Å². The summed E-state index contributed by atoms with van der Waals surface area (Å²) in [6.07, 6.45) is 3.63. The van der Waals surface area contributed by atoms with Crippen LogP contribution in [-0.2, 0) is 0 Å². The minimum absolute atomic E-state index is 0.981. The van der Waals surface area contributed by atoms with E-state index in [2.05, 4.69) is 22.4 Å². The summed E-state index contributed by atoms with van der Waals surface area (Å²) in [6.45, 7) is 3.83. The molecule has 1 aromatic heterocycles. The number of hydrazine groups is 1. The molecule has 0 saturated carbocycles. The van der Waals surface area contributed by atoms with Gasteiger partial charge in [0.05, 0.1) is 11.2 Å². The van der Waals surface area contributed by atoms with E-state index in [1.807, 2.05) is 37.4 Å². The summed E-state index contributed by atoms with van der Waals surface area (Å²) in [4.78, 5) is 4.30. The summed E-state index contributed by atoms with van der Waals surface area (Å²) < 4.78 is 0. The molecule has 2 N–H and O–H groups in total. The largest absolute Gasteiger partial charge is 0.321 e. The molecule has 0 spiro atoms. The number of nitrogens with zero attached hydrogens (tertiary/aromatic N) is 1. The molecule has 2 aromatic rings. The van der Waals surface area contributed by atoms with Crippen molar-refractivity contribution < 1.29 is 0 Å². The van der Waals surface area contributed by atoms with Crippen LogP contribution in [0.4, 0.5) is 5.69 Å². The zero-order valence-corrected chi connectivity index (χ0v) is 8.62. The zero-order chi connectivity index (χ0) is 10.7. The molecule has 0 fully saturated rings. The molecule has 3 heteroatoms. The van der Waals surface area contributed by atoms with Gasteiger partial charge in [-0.3, -0.25) is 4.98 Å². The maximum atomic E-state index is 4.30. The second kappa shape index (κ2) is 4.11. The monoisotopic (exact) mass is 199 g/mol. The average Bonchev–Trinajstić information content (AvgIpc) is 2.29. The minimum Gasteiger partial charge on any atom is -0.321 e. The van der Waals surface area contributed by atoms with Crippen molar-refractivity contribution in [1.29, 1.82) is 0 Å². The standard InChI is InChI=1S/C12H13N3/c1-3-9-10-5-4-8-14-11(10)6-7-12(9)15-13-2/h3-8,13,15H,1H2,2H3. The van der Waals surface area contributed by atoms with Crippen LogP contribution in [0.15, 0.2) is 37.0 Å². The van der Waals surface area contributed by atoms with E-state index in [4.69, 9.17) is 0 Å². The van der Waals surface area contributed by atoms with Crippen LogP contribution in [0.1, 0.15) is 5.56 Å². The van der Waals surface area contributed by atoms with E-state index in [-0.39, 0.29) is 0 Å². The van der Waals surface area contributed by atoms with Gasteiger partial charge in [-0.05, 0) is 18.2 Å². The Bertz CT molecular complexity index is 491. The van der Waals surface area contributed by atoms with Gasteiger partial charge in [0, 0.05) is 24.2 Å². The van der Waals surface area contributed by atoms with Gasteiger partial charge in [-0.1, -0.05) is 18.7 Å². The predicted molar refractivity (Wildman–Crippen MR) is 64.5 cm³/mol. The van der Waals surface area contributed by atoms with E-state index in [0.717, 1.165) is 22.2 Å². The molecule has 0 aliphatic rings. The van der Waals surface area contributed by atoms with Crippen molar-refractivity contribution in [3.05, 3.63) is 42.6 Å². The highest BCUT2D eigenvalue weighted by atomic mass is 15.3. The maximum absolute atomic E-state index is 4.30. The zero-order valence-electron chi connectivity index (χ0n) is 8.62. The third kappa shape index (κ3) is 1.69. The lowest BCUT2D eigenvalue weighted by atomic mass is 10.1. The Kier molecular flexibility index (Phi) is 2.65. The van der Waals surface area contributed by atoms with Gasteiger partial charge >= 0.3 is 0 Å². The molecule has 0 aliphatic carbocycles. The van der Waals surface area contributed by atoms with Crippen molar-refractivity contribution in [2.24, 2.45) is 0 Å². The Morgan fingerprint density at radius 1 is 1.33 bits per heavy atom. The van der Waals surface area contributed by atoms with Crippen LogP contribution < -0.4 is 10.9 Å². The fourth-order valence-corrected chi connectivity index (χ4v) is 1.64. The van der Waals surface area contributed by atoms with Crippen LogP contribution in [0.2, 0.25) is 0 Å². The summed E-state index contributed by atoms with van der Waals surface area (Å²) in [5, 5.41) is 1.10. The highest BCUT2D eigenvalue weighted by molar-refractivity contribution is 5.93. The number of anilines is 1. The van der Waals surface area contributed by atoms with E-state index in [1.165, 1.54) is 0 Å². The molecular formula is C12H13N3. The molecule has 0 saturated heterocycles. The van der Waals surface area contributed by atoms with Gasteiger partial charge in [-0.2, -0.15) is 0 Å². The van der Waals surface area contributed by atoms with Gasteiger partial charge in [0.15, 0.2) is 0 Å². The van der Waals surface area contributed by atoms with E-state index in [0.29, 0.717) is 0 Å². The summed E-state index contributed by atoms with van der Waals surface area (Å²) in [7, 11) is 1.83. The highest BCUT2D eigenvalue weighted by Gasteiger charge is 2.03. The maximum Gasteiger partial charge on any atom is 0.0709 e. The lowest BCUT2D eigenvalue weighted by Gasteiger charge is -2.10. The first kappa shape index (κ1) is 9.68. The topological polar surface area (TPSA) is 37.0 Å². The second-order valence-corrected chi connectivity index (χ2v) is 3.18. The Labute approximate surface area is 88.8 Å². The number of hydrogen-bond donors (Lipinski definition) is 2. The summed E-state index contributed by atoms with van der Waals surface area (Å²) in [5.41, 5.74) is 9.03. The van der Waals surface area contributed by atoms with Crippen molar-refractivity contribution in [1.82, 2.24) is 10.4 Å². The first-order valence-corrected chi connectivity index (χ1v) is 4.79. The molecule has 76 valence electrons. The molecular weight excluding hydrogens is 186 g/mol. The second-order valence-electron chi connectivity index (χ2n) is 3.18. The molecule has 0 bridgehead atoms. The quantitative estimate of drug-likeness (QED) is 0.745. The fourth-order valence-electron chi connectivity index (χ4n) is 1.64. The van der Waals surface area contributed by atoms with Crippen molar-refractivity contribution in [2.45, 2.75) is 0 Å². The minimum atomic E-state index is 0.981. The van der Waals surface area contributed by atoms with Gasteiger partial charge in [0.2, 0.25) is 0 Å². The lowest BCUT2D eigenvalue weighted by Crippen LogP contribution is -2.15. The molecule has 0 unspecified atom stereocenters. The molecule has 3 nitrogen and oxygen atoms in total. The number of hydrogen-bond acceptors (Lipinski definition) is 3. The molecule has 0 atom stereocenters. The third-order valence-electron chi connectivity index (χ3n) is 2.29. The smallest absolute Gasteiger partial charge is 0.0709 e. The van der Waals surface area contributed by atoms with Gasteiger partial charge in [0.25, 0.3) is 0 Å². The normalized spacial score (nSPS) is 10.2. The van der Waals surface area contributed by atoms with Crippen LogP contribution in [0.25, 0.3) is 17.0 Å². The number of benzene rings is 1. The summed E-state index contributed by atoms with van der Waals surface area (Å²) in [5.74, 6) is 0. The Morgan fingerprint density at radius 2 is 2.20 bits per heavy atom. The van der Waals surface area contributed by atoms with Gasteiger partial charge in [-0.15, -0.1) is 0 Å². The summed E-state index contributed by atoms with van der Waals surface area (Å²) in [6, 6.07) is 7.95. The molecule has 0 aliphatic heterocycles. The number of nitrogens with one attached hydrogen (secondary N) is 2. The number of fused-ring (bicyclic) bond motifs is 1. The molecule has 1 heterocycles. The van der Waals surface area contributed by atoms with Crippen molar-refractivity contribution in [3.63, 3.8) is 0 Å². The van der Waals surface area contributed by atoms with E-state index in [9.17, 15) is 0 Å². The van der Waals surface area contributed by atoms with Gasteiger partial charge < -0.3 is 5.43 Å². The van der Waals surface area contributed by atoms with Crippen molar-refractivity contribution in [3.8, 4) is 0 Å². The SMILES string of the molecule is C=Cc1c(NNC)ccc2ncccc12. The molecule has 1 aromatic carbocycles. The van der Waals surface area contributed by atoms with Gasteiger partial charge in [0.1, 0.15) is 0 Å². The molecule has 2 rings (SSSR count). The van der Waals surface area contributed by atoms with Crippen LogP contribution in [-0.4, -0.2) is 12.0 Å². The van der Waals surface area contributed by atoms with Crippen LogP contribution in [0, 0.1) is 0 Å². The van der Waals surface area contributed by atoms with E-state index >= 15 is 0 Å². The van der Waals surface area contributed by atoms with Crippen LogP contribution in [0.3, 0.4) is 0 Å². The third-order valence-corrected chi connectivity index (χ3v) is 2.29. The average molecular weight is 199 g/mol. The number of rotatable bonds is 3. The van der Waals surface area contributed by atoms with Crippen LogP contribution in [0.5, 0.6) is 0 Å². The predicted octanol–water partition coefficient (Wildman–Crippen LogP) is 2.42. The fraction of sp³-hybridized carbons (Fsp3) is 0.0833. The molecule has 0 amide bonds. The van der Waals surface area contributed by atoms with Crippen LogP contribution >= 0.6 is 0 Å². The first-order valence-electron chi connectivity index (χ1n) is 4.79. The van der Waals surface area contributed by atoms with E-state index < -0.39 is 0 Å².